The molecule has 0 aliphatic carbocycles. The fraction of sp³-hybridized carbons (Fsp3) is 0.217. The molecule has 15 nitrogen and oxygen atoms in total. The van der Waals surface area contributed by atoms with Gasteiger partial charge in [-0.1, -0.05) is 133 Å². The molecular weight excluding hydrogens is 1070 g/mol. The number of amides is 3. The quantitative estimate of drug-likeness (QED) is 0.00909. The number of nitrogens with one attached hydrogen (secondary N) is 4. The minimum atomic E-state index is -2.51. The van der Waals surface area contributed by atoms with Crippen molar-refractivity contribution in [3.63, 3.8) is 0 Å². The van der Waals surface area contributed by atoms with Crippen LogP contribution in [0.25, 0.3) is 11.1 Å². The highest BCUT2D eigenvalue weighted by Gasteiger charge is 2.33. The number of rotatable bonds is 25. The molecule has 7 aromatic carbocycles. The van der Waals surface area contributed by atoms with Crippen LogP contribution in [0, 0.1) is 34.9 Å². The Morgan fingerprint density at radius 2 is 0.951 bits per heavy atom. The Balaban J connectivity index is 1.16. The van der Waals surface area contributed by atoms with E-state index in [1.165, 1.54) is 31.3 Å². The number of hydrogen-bond donors (Lipinski definition) is 5. The van der Waals surface area contributed by atoms with Crippen LogP contribution in [0.5, 0.6) is 11.5 Å². The van der Waals surface area contributed by atoms with Gasteiger partial charge in [0, 0.05) is 19.4 Å². The molecule has 21 heteroatoms. The van der Waals surface area contributed by atoms with Crippen molar-refractivity contribution in [2.45, 2.75) is 69.9 Å². The number of alkyl carbamates (subject to hydrolysis) is 2. The number of carbonyl (C=O) groups is 5. The smallest absolute Gasteiger partial charge is 0.408 e. The van der Waals surface area contributed by atoms with Gasteiger partial charge in [-0.15, -0.1) is 0 Å². The third-order valence-electron chi connectivity index (χ3n) is 12.4. The van der Waals surface area contributed by atoms with Crippen molar-refractivity contribution in [2.24, 2.45) is 0 Å². The predicted octanol–water partition coefficient (Wildman–Crippen LogP) is 9.25. The molecule has 0 bridgehead atoms. The Kier molecular flexibility index (Phi) is 21.4. The molecule has 81 heavy (non-hydrogen) atoms. The number of carbonyl (C=O) groups excluding carboxylic acids is 5. The molecule has 0 spiro atoms. The zero-order valence-electron chi connectivity index (χ0n) is 43.3. The van der Waals surface area contributed by atoms with Gasteiger partial charge < -0.3 is 50.1 Å². The summed E-state index contributed by atoms with van der Waals surface area (Å²) in [5.41, 5.74) is 3.12. The molecule has 0 heterocycles. The monoisotopic (exact) mass is 1120 g/mol. The van der Waals surface area contributed by atoms with E-state index in [0.29, 0.717) is 22.3 Å². The maximum Gasteiger partial charge on any atom is 0.408 e. The van der Waals surface area contributed by atoms with Crippen molar-refractivity contribution in [1.82, 2.24) is 21.3 Å². The van der Waals surface area contributed by atoms with E-state index in [4.69, 9.17) is 23.7 Å². The molecule has 422 valence electrons. The average Bonchev–Trinajstić information content (AvgIpc) is 3.64. The first-order valence-electron chi connectivity index (χ1n) is 25.2. The molecule has 0 saturated carbocycles. The van der Waals surface area contributed by atoms with Crippen LogP contribution in [0.2, 0.25) is 0 Å². The molecule has 7 aromatic rings. The summed E-state index contributed by atoms with van der Waals surface area (Å²) in [6.07, 6.45) is -4.73. The molecule has 0 aliphatic rings. The van der Waals surface area contributed by atoms with Crippen LogP contribution in [0.3, 0.4) is 0 Å². The van der Waals surface area contributed by atoms with Crippen LogP contribution in [0.15, 0.2) is 158 Å². The van der Waals surface area contributed by atoms with Crippen molar-refractivity contribution < 1.29 is 79.1 Å². The second kappa shape index (κ2) is 29.1. The number of aliphatic hydroxyl groups is 1. The normalized spacial score (nSPS) is 12.4. The van der Waals surface area contributed by atoms with Crippen molar-refractivity contribution >= 4 is 30.0 Å². The van der Waals surface area contributed by atoms with E-state index in [9.17, 15) is 51.0 Å². The molecule has 0 fully saturated rings. The van der Waals surface area contributed by atoms with Gasteiger partial charge >= 0.3 is 24.1 Å². The molecule has 4 atom stereocenters. The van der Waals surface area contributed by atoms with Crippen molar-refractivity contribution in [3.8, 4) is 22.6 Å². The highest BCUT2D eigenvalue weighted by molar-refractivity contribution is 5.88. The summed E-state index contributed by atoms with van der Waals surface area (Å²) in [5.74, 6) is -18.3. The molecule has 0 radical (unpaired) electrons. The number of ether oxygens (including phenoxy) is 5. The maximum absolute atomic E-state index is 16.1. The summed E-state index contributed by atoms with van der Waals surface area (Å²) in [6.45, 7) is -0.915. The summed E-state index contributed by atoms with van der Waals surface area (Å²) in [7, 11) is 1.43. The lowest BCUT2D eigenvalue weighted by Gasteiger charge is -2.24. The first-order chi connectivity index (χ1) is 39.1. The molecule has 0 aromatic heterocycles. The molecule has 3 amide bonds. The Hall–Kier alpha value is -9.21. The maximum atomic E-state index is 16.1. The minimum Gasteiger partial charge on any atom is -0.489 e. The highest BCUT2D eigenvalue weighted by atomic mass is 19.2. The number of halogens is 6. The Morgan fingerprint density at radius 1 is 0.494 bits per heavy atom. The number of likely N-dealkylation sites (N-methyl/N-ethyl adjacent to an activating group) is 1. The second-order valence-corrected chi connectivity index (χ2v) is 18.2. The summed E-state index contributed by atoms with van der Waals surface area (Å²) in [4.78, 5) is 67.4. The van der Waals surface area contributed by atoms with E-state index in [-0.39, 0.29) is 61.8 Å². The molecule has 5 N–H and O–H groups in total. The standard InChI is InChI=1S/C60H54F6N4O11/c1-67-46(30-44(71)31-68-59(75)79-34-38-18-10-4-11-19-38)56(72)69-47(57(73)78-33-37-16-8-3-9-17-37)28-42-26-40(22-24-45(42)61)41-23-25-49(77-32-36-14-6-2-7-15-36)43(27-41)29-48(70-60(76)80-35-39-20-12-5-13-21-39)58(74)81-55-53(65)51(63)50(62)52(64)54(55)66/h2-27,44,46-48,67,71H,28-35H2,1H3,(H,68,75)(H,69,72)(H,70,76)/t44-,46+,47+,48+/m1/s1. The number of hydrogen-bond acceptors (Lipinski definition) is 12. The summed E-state index contributed by atoms with van der Waals surface area (Å²) in [6, 6.07) is 38.2. The Bertz CT molecular complexity index is 3250. The lowest BCUT2D eigenvalue weighted by Crippen LogP contribution is -2.52. The van der Waals surface area contributed by atoms with Gasteiger partial charge in [-0.3, -0.25) is 4.79 Å². The Morgan fingerprint density at radius 3 is 1.49 bits per heavy atom. The summed E-state index contributed by atoms with van der Waals surface area (Å²) >= 11 is 0. The minimum absolute atomic E-state index is 0.0241. The predicted molar refractivity (Wildman–Crippen MR) is 282 cm³/mol. The van der Waals surface area contributed by atoms with Crippen LogP contribution in [0.4, 0.5) is 35.9 Å². The van der Waals surface area contributed by atoms with Gasteiger partial charge in [0.05, 0.1) is 12.1 Å². The lowest BCUT2D eigenvalue weighted by molar-refractivity contribution is -0.149. The molecule has 7 rings (SSSR count). The summed E-state index contributed by atoms with van der Waals surface area (Å²) in [5, 5.41) is 20.9. The van der Waals surface area contributed by atoms with Gasteiger partial charge in [0.2, 0.25) is 40.7 Å². The zero-order valence-corrected chi connectivity index (χ0v) is 43.3. The Labute approximate surface area is 461 Å². The number of aliphatic hydroxyl groups excluding tert-OH is 1. The lowest BCUT2D eigenvalue weighted by atomic mass is 9.95. The fourth-order valence-corrected chi connectivity index (χ4v) is 8.07. The largest absolute Gasteiger partial charge is 0.489 e. The summed E-state index contributed by atoms with van der Waals surface area (Å²) < 4.78 is 116. The van der Waals surface area contributed by atoms with Crippen LogP contribution in [0.1, 0.15) is 39.8 Å². The van der Waals surface area contributed by atoms with Crippen LogP contribution in [-0.2, 0) is 67.9 Å². The van der Waals surface area contributed by atoms with Gasteiger partial charge in [0.25, 0.3) is 0 Å². The molecular formula is C60H54F6N4O11. The van der Waals surface area contributed by atoms with Gasteiger partial charge in [0.15, 0.2) is 0 Å². The van der Waals surface area contributed by atoms with Gasteiger partial charge in [-0.05, 0) is 82.2 Å². The number of esters is 2. The topological polar surface area (TPSA) is 200 Å². The number of benzene rings is 7. The van der Waals surface area contributed by atoms with Crippen LogP contribution in [-0.4, -0.2) is 73.0 Å². The third-order valence-corrected chi connectivity index (χ3v) is 12.4. The van der Waals surface area contributed by atoms with E-state index in [1.54, 1.807) is 127 Å². The van der Waals surface area contributed by atoms with Crippen LogP contribution >= 0.6 is 0 Å². The first-order valence-corrected chi connectivity index (χ1v) is 25.2. The van der Waals surface area contributed by atoms with Gasteiger partial charge in [0.1, 0.15) is 50.1 Å². The zero-order chi connectivity index (χ0) is 57.8. The van der Waals surface area contributed by atoms with E-state index >= 15 is 4.39 Å². The van der Waals surface area contributed by atoms with Gasteiger partial charge in [-0.25, -0.2) is 36.7 Å². The third kappa shape index (κ3) is 17.1. The average molecular weight is 1120 g/mol. The van der Waals surface area contributed by atoms with Gasteiger partial charge in [-0.2, -0.15) is 8.78 Å². The van der Waals surface area contributed by atoms with Crippen molar-refractivity contribution in [1.29, 1.82) is 0 Å². The van der Waals surface area contributed by atoms with E-state index < -0.39 is 108 Å². The molecule has 0 unspecified atom stereocenters. The SMILES string of the molecule is CN[C@@H](C[C@@H](O)CNC(=O)OCc1ccccc1)C(=O)N[C@@H](Cc1cc(-c2ccc(OCc3ccccc3)c(C[C@H](NC(=O)OCc3ccccc3)C(=O)Oc3c(F)c(F)c(F)c(F)c3F)c2)ccc1F)C(=O)OCc1ccccc1. The van der Waals surface area contributed by atoms with E-state index in [2.05, 4.69) is 21.3 Å². The van der Waals surface area contributed by atoms with E-state index in [1.807, 2.05) is 0 Å². The first kappa shape index (κ1) is 59.5. The molecule has 0 aliphatic heterocycles. The van der Waals surface area contributed by atoms with Crippen molar-refractivity contribution in [2.75, 3.05) is 13.6 Å². The second-order valence-electron chi connectivity index (χ2n) is 18.2. The van der Waals surface area contributed by atoms with Crippen molar-refractivity contribution in [3.05, 3.63) is 226 Å². The highest BCUT2D eigenvalue weighted by Crippen LogP contribution is 2.33. The fourth-order valence-electron chi connectivity index (χ4n) is 8.07. The van der Waals surface area contributed by atoms with E-state index in [0.717, 1.165) is 11.6 Å². The van der Waals surface area contributed by atoms with Crippen LogP contribution < -0.4 is 30.7 Å². The molecule has 0 saturated heterocycles.